The van der Waals surface area contributed by atoms with Gasteiger partial charge >= 0.3 is 12.2 Å². The Hall–Kier alpha value is -2.20. The van der Waals surface area contributed by atoms with E-state index in [1.807, 2.05) is 0 Å². The summed E-state index contributed by atoms with van der Waals surface area (Å²) in [6.07, 6.45) is -2.63. The van der Waals surface area contributed by atoms with Crippen LogP contribution in [0.25, 0.3) is 0 Å². The second-order valence-electron chi connectivity index (χ2n) is 3.77. The van der Waals surface area contributed by atoms with Crippen molar-refractivity contribution in [3.63, 3.8) is 0 Å². The third kappa shape index (κ3) is 3.22. The molecule has 0 atom stereocenters. The lowest BCUT2D eigenvalue weighted by Crippen LogP contribution is -2.06. The molecule has 10 heteroatoms. The Morgan fingerprint density at radius 1 is 1.15 bits per heavy atom. The number of rotatable bonds is 3. The summed E-state index contributed by atoms with van der Waals surface area (Å²) in [6, 6.07) is 3.67. The number of halogens is 2. The van der Waals surface area contributed by atoms with E-state index in [0.29, 0.717) is 5.56 Å². The lowest BCUT2D eigenvalue weighted by Gasteiger charge is -2.09. The van der Waals surface area contributed by atoms with E-state index in [1.165, 1.54) is 12.1 Å². The highest BCUT2D eigenvalue weighted by Crippen LogP contribution is 2.22. The molecule has 0 spiro atoms. The molecule has 0 saturated carbocycles. The standard InChI is InChI=1S/C10H8F2N4O3S/c1-5-2-3-6(20(17,18)19)4-7(5)13-10-15-8(11)14-9(12)16-10/h2-4H,1H3,(H,17,18,19)(H,13,14,15,16). The molecule has 2 rings (SSSR count). The third-order valence-corrected chi connectivity index (χ3v) is 3.18. The van der Waals surface area contributed by atoms with E-state index in [1.54, 1.807) is 6.92 Å². The fourth-order valence-electron chi connectivity index (χ4n) is 1.40. The van der Waals surface area contributed by atoms with Crippen molar-refractivity contribution in [2.75, 3.05) is 5.32 Å². The Labute approximate surface area is 112 Å². The molecule has 0 radical (unpaired) electrons. The third-order valence-electron chi connectivity index (χ3n) is 2.33. The summed E-state index contributed by atoms with van der Waals surface area (Å²) in [6.45, 7) is 1.62. The first-order valence-corrected chi connectivity index (χ1v) is 6.62. The molecular formula is C10H8F2N4O3S. The van der Waals surface area contributed by atoms with Crippen LogP contribution in [0.4, 0.5) is 20.4 Å². The number of nitrogens with one attached hydrogen (secondary N) is 1. The maximum atomic E-state index is 12.8. The van der Waals surface area contributed by atoms with Crippen LogP contribution in [0.2, 0.25) is 0 Å². The van der Waals surface area contributed by atoms with Crippen LogP contribution in [-0.4, -0.2) is 27.9 Å². The van der Waals surface area contributed by atoms with Crippen molar-refractivity contribution in [2.24, 2.45) is 0 Å². The Morgan fingerprint density at radius 2 is 1.75 bits per heavy atom. The molecule has 0 saturated heterocycles. The maximum Gasteiger partial charge on any atom is 0.315 e. The normalized spacial score (nSPS) is 11.4. The minimum atomic E-state index is -4.39. The summed E-state index contributed by atoms with van der Waals surface area (Å²) >= 11 is 0. The molecule has 0 bridgehead atoms. The van der Waals surface area contributed by atoms with Crippen molar-refractivity contribution in [3.8, 4) is 0 Å². The van der Waals surface area contributed by atoms with Gasteiger partial charge in [-0.3, -0.25) is 4.55 Å². The average molecular weight is 302 g/mol. The molecule has 0 fully saturated rings. The van der Waals surface area contributed by atoms with Crippen LogP contribution in [0.1, 0.15) is 5.56 Å². The summed E-state index contributed by atoms with van der Waals surface area (Å²) in [7, 11) is -4.39. The summed E-state index contributed by atoms with van der Waals surface area (Å²) in [4.78, 5) is 8.77. The molecule has 2 N–H and O–H groups in total. The molecule has 1 heterocycles. The van der Waals surface area contributed by atoms with Crippen LogP contribution in [0, 0.1) is 19.1 Å². The van der Waals surface area contributed by atoms with Gasteiger partial charge in [-0.05, 0) is 24.6 Å². The molecule has 0 aliphatic carbocycles. The van der Waals surface area contributed by atoms with E-state index in [4.69, 9.17) is 4.55 Å². The second kappa shape index (κ2) is 5.06. The van der Waals surface area contributed by atoms with Crippen molar-refractivity contribution >= 4 is 21.8 Å². The zero-order valence-corrected chi connectivity index (χ0v) is 10.8. The summed E-state index contributed by atoms with van der Waals surface area (Å²) in [5.74, 6) is -0.425. The largest absolute Gasteiger partial charge is 0.324 e. The Morgan fingerprint density at radius 3 is 2.30 bits per heavy atom. The van der Waals surface area contributed by atoms with Crippen LogP contribution >= 0.6 is 0 Å². The van der Waals surface area contributed by atoms with Crippen molar-refractivity contribution in [1.29, 1.82) is 0 Å². The molecule has 2 aromatic rings. The van der Waals surface area contributed by atoms with Gasteiger partial charge in [0, 0.05) is 5.69 Å². The van der Waals surface area contributed by atoms with Gasteiger partial charge in [0.1, 0.15) is 0 Å². The number of benzene rings is 1. The average Bonchev–Trinajstić information content (AvgIpc) is 2.29. The smallest absolute Gasteiger partial charge is 0.315 e. The molecular weight excluding hydrogens is 294 g/mol. The molecule has 0 aliphatic heterocycles. The fourth-order valence-corrected chi connectivity index (χ4v) is 1.91. The number of aryl methyl sites for hydroxylation is 1. The lowest BCUT2D eigenvalue weighted by atomic mass is 10.2. The highest BCUT2D eigenvalue weighted by Gasteiger charge is 2.13. The molecule has 0 aliphatic rings. The zero-order chi connectivity index (χ0) is 14.9. The first-order chi connectivity index (χ1) is 9.25. The quantitative estimate of drug-likeness (QED) is 0.827. The van der Waals surface area contributed by atoms with Gasteiger partial charge in [0.05, 0.1) is 4.90 Å². The van der Waals surface area contributed by atoms with Crippen LogP contribution in [0.15, 0.2) is 23.1 Å². The Balaban J connectivity index is 2.42. The van der Waals surface area contributed by atoms with E-state index in [9.17, 15) is 17.2 Å². The molecule has 1 aromatic heterocycles. The topological polar surface area (TPSA) is 105 Å². The van der Waals surface area contributed by atoms with Crippen molar-refractivity contribution < 1.29 is 21.8 Å². The Kier molecular flexibility index (Phi) is 3.59. The van der Waals surface area contributed by atoms with Crippen molar-refractivity contribution in [1.82, 2.24) is 15.0 Å². The van der Waals surface area contributed by atoms with Gasteiger partial charge in [-0.25, -0.2) is 0 Å². The first kappa shape index (κ1) is 14.2. The molecule has 7 nitrogen and oxygen atoms in total. The maximum absolute atomic E-state index is 12.8. The van der Waals surface area contributed by atoms with Crippen LogP contribution in [0.5, 0.6) is 0 Å². The predicted molar refractivity (Wildman–Crippen MR) is 64.0 cm³/mol. The van der Waals surface area contributed by atoms with E-state index in [-0.39, 0.29) is 10.6 Å². The summed E-state index contributed by atoms with van der Waals surface area (Å²) in [5, 5.41) is 2.45. The number of hydrogen-bond donors (Lipinski definition) is 2. The number of anilines is 2. The van der Waals surface area contributed by atoms with E-state index in [0.717, 1.165) is 6.07 Å². The van der Waals surface area contributed by atoms with Gasteiger partial charge in [-0.15, -0.1) is 0 Å². The van der Waals surface area contributed by atoms with Gasteiger partial charge in [0.15, 0.2) is 0 Å². The minimum absolute atomic E-state index is 0.171. The molecule has 1 aromatic carbocycles. The molecule has 106 valence electrons. The van der Waals surface area contributed by atoms with E-state index >= 15 is 0 Å². The van der Waals surface area contributed by atoms with Crippen LogP contribution < -0.4 is 5.32 Å². The van der Waals surface area contributed by atoms with Gasteiger partial charge < -0.3 is 5.32 Å². The first-order valence-electron chi connectivity index (χ1n) is 5.18. The molecule has 20 heavy (non-hydrogen) atoms. The highest BCUT2D eigenvalue weighted by molar-refractivity contribution is 7.85. The zero-order valence-electron chi connectivity index (χ0n) is 10.0. The monoisotopic (exact) mass is 302 g/mol. The number of hydrogen-bond acceptors (Lipinski definition) is 6. The number of nitrogens with zero attached hydrogens (tertiary/aromatic N) is 3. The van der Waals surface area contributed by atoms with E-state index in [2.05, 4.69) is 20.3 Å². The number of aromatic nitrogens is 3. The van der Waals surface area contributed by atoms with Gasteiger partial charge in [-0.2, -0.15) is 32.2 Å². The van der Waals surface area contributed by atoms with Gasteiger partial charge in [-0.1, -0.05) is 6.07 Å². The van der Waals surface area contributed by atoms with E-state index < -0.39 is 28.2 Å². The van der Waals surface area contributed by atoms with Crippen LogP contribution in [0.3, 0.4) is 0 Å². The minimum Gasteiger partial charge on any atom is -0.324 e. The fraction of sp³-hybridized carbons (Fsp3) is 0.100. The van der Waals surface area contributed by atoms with Crippen LogP contribution in [-0.2, 0) is 10.1 Å². The van der Waals surface area contributed by atoms with Crippen molar-refractivity contribution in [3.05, 3.63) is 35.9 Å². The molecule has 0 amide bonds. The molecule has 0 unspecified atom stereocenters. The summed E-state index contributed by atoms with van der Waals surface area (Å²) in [5.41, 5.74) is 0.726. The Bertz CT molecular complexity index is 747. The summed E-state index contributed by atoms with van der Waals surface area (Å²) < 4.78 is 56.6. The lowest BCUT2D eigenvalue weighted by molar-refractivity contribution is 0.457. The van der Waals surface area contributed by atoms with Gasteiger partial charge in [0.25, 0.3) is 10.1 Å². The highest BCUT2D eigenvalue weighted by atomic mass is 32.2. The predicted octanol–water partition coefficient (Wildman–Crippen LogP) is 1.45. The second-order valence-corrected chi connectivity index (χ2v) is 5.20. The van der Waals surface area contributed by atoms with Crippen molar-refractivity contribution in [2.45, 2.75) is 11.8 Å². The van der Waals surface area contributed by atoms with Gasteiger partial charge in [0.2, 0.25) is 5.95 Å². The SMILES string of the molecule is Cc1ccc(S(=O)(=O)O)cc1Nc1nc(F)nc(F)n1.